The molecule has 3 nitrogen and oxygen atoms in total. The van der Waals surface area contributed by atoms with Gasteiger partial charge in [0.25, 0.3) is 0 Å². The molecule has 1 rings (SSSR count). The molecular weight excluding hydrogens is 220 g/mol. The van der Waals surface area contributed by atoms with Gasteiger partial charge in [-0.1, -0.05) is 20.8 Å². The molecule has 0 aromatic carbocycles. The summed E-state index contributed by atoms with van der Waals surface area (Å²) in [5.74, 6) is 0.850. The first kappa shape index (κ1) is 13.8. The summed E-state index contributed by atoms with van der Waals surface area (Å²) in [4.78, 5) is 14.0. The second kappa shape index (κ2) is 5.41. The van der Waals surface area contributed by atoms with Gasteiger partial charge >= 0.3 is 0 Å². The van der Waals surface area contributed by atoms with Crippen molar-refractivity contribution < 1.29 is 4.79 Å². The van der Waals surface area contributed by atoms with Crippen LogP contribution in [0.1, 0.15) is 40.5 Å². The van der Waals surface area contributed by atoms with Crippen molar-refractivity contribution in [2.45, 2.75) is 57.4 Å². The van der Waals surface area contributed by atoms with Gasteiger partial charge in [0.2, 0.25) is 5.91 Å². The molecule has 0 aromatic rings. The largest absolute Gasteiger partial charge is 0.339 e. The van der Waals surface area contributed by atoms with E-state index in [4.69, 9.17) is 5.73 Å². The monoisotopic (exact) mass is 244 g/mol. The number of thioether (sulfide) groups is 1. The lowest BCUT2D eigenvalue weighted by Crippen LogP contribution is -2.49. The number of carbonyl (C=O) groups is 1. The minimum atomic E-state index is 0.158. The molecule has 4 heteroatoms. The van der Waals surface area contributed by atoms with Gasteiger partial charge in [-0.15, -0.1) is 11.8 Å². The molecule has 0 radical (unpaired) electrons. The molecule has 0 aromatic heterocycles. The third-order valence-corrected chi connectivity index (χ3v) is 4.12. The maximum Gasteiger partial charge on any atom is 0.232 e. The predicted octanol–water partition coefficient (Wildman–Crippen LogP) is 1.86. The third-order valence-electron chi connectivity index (χ3n) is 2.87. The van der Waals surface area contributed by atoms with Crippen LogP contribution in [0, 0.1) is 0 Å². The van der Waals surface area contributed by atoms with Crippen molar-refractivity contribution in [1.82, 2.24) is 4.90 Å². The van der Waals surface area contributed by atoms with Crippen molar-refractivity contribution in [3.05, 3.63) is 0 Å². The average molecular weight is 244 g/mol. The second-order valence-corrected chi connectivity index (χ2v) is 7.42. The summed E-state index contributed by atoms with van der Waals surface area (Å²) >= 11 is 1.72. The zero-order chi connectivity index (χ0) is 12.3. The SMILES string of the molecule is CC1CC(N)CCN1C(=O)CSC(C)(C)C. The molecule has 1 aliphatic heterocycles. The lowest BCUT2D eigenvalue weighted by Gasteiger charge is -2.36. The van der Waals surface area contributed by atoms with Crippen molar-refractivity contribution in [2.75, 3.05) is 12.3 Å². The van der Waals surface area contributed by atoms with Crippen molar-refractivity contribution in [3.8, 4) is 0 Å². The van der Waals surface area contributed by atoms with Crippen LogP contribution in [0.3, 0.4) is 0 Å². The van der Waals surface area contributed by atoms with E-state index in [1.807, 2.05) is 4.90 Å². The van der Waals surface area contributed by atoms with Crippen LogP contribution in [0.25, 0.3) is 0 Å². The number of carbonyl (C=O) groups excluding carboxylic acids is 1. The summed E-state index contributed by atoms with van der Waals surface area (Å²) in [7, 11) is 0. The van der Waals surface area contributed by atoms with Crippen LogP contribution in [0.15, 0.2) is 0 Å². The summed E-state index contributed by atoms with van der Waals surface area (Å²) in [5.41, 5.74) is 5.89. The Labute approximate surface area is 103 Å². The molecule has 2 unspecified atom stereocenters. The van der Waals surface area contributed by atoms with E-state index in [0.29, 0.717) is 11.8 Å². The molecule has 0 saturated carbocycles. The molecule has 1 fully saturated rings. The minimum absolute atomic E-state index is 0.158. The molecule has 16 heavy (non-hydrogen) atoms. The number of hydrogen-bond donors (Lipinski definition) is 1. The predicted molar refractivity (Wildman–Crippen MR) is 70.6 cm³/mol. The fourth-order valence-corrected chi connectivity index (χ4v) is 2.66. The van der Waals surface area contributed by atoms with Crippen LogP contribution >= 0.6 is 11.8 Å². The Morgan fingerprint density at radius 2 is 2.12 bits per heavy atom. The normalized spacial score (nSPS) is 26.9. The topological polar surface area (TPSA) is 46.3 Å². The molecule has 1 heterocycles. The summed E-state index contributed by atoms with van der Waals surface area (Å²) in [6, 6.07) is 0.575. The zero-order valence-electron chi connectivity index (χ0n) is 10.8. The van der Waals surface area contributed by atoms with E-state index in [-0.39, 0.29) is 16.7 Å². The van der Waals surface area contributed by atoms with Crippen LogP contribution in [-0.2, 0) is 4.79 Å². The standard InChI is InChI=1S/C12H24N2OS/c1-9-7-10(13)5-6-14(9)11(15)8-16-12(2,3)4/h9-10H,5-8,13H2,1-4H3. The highest BCUT2D eigenvalue weighted by atomic mass is 32.2. The summed E-state index contributed by atoms with van der Waals surface area (Å²) in [6.07, 6.45) is 1.88. The first-order chi connectivity index (χ1) is 7.29. The lowest BCUT2D eigenvalue weighted by atomic mass is 9.99. The van der Waals surface area contributed by atoms with Gasteiger partial charge in [-0.25, -0.2) is 0 Å². The molecule has 1 saturated heterocycles. The summed E-state index contributed by atoms with van der Waals surface area (Å²) < 4.78 is 0.158. The highest BCUT2D eigenvalue weighted by Crippen LogP contribution is 2.24. The minimum Gasteiger partial charge on any atom is -0.339 e. The van der Waals surface area contributed by atoms with Gasteiger partial charge in [-0.3, -0.25) is 4.79 Å². The molecular formula is C12H24N2OS. The van der Waals surface area contributed by atoms with Gasteiger partial charge in [-0.05, 0) is 19.8 Å². The Morgan fingerprint density at radius 1 is 1.50 bits per heavy atom. The number of rotatable bonds is 2. The Balaban J connectivity index is 2.42. The quantitative estimate of drug-likeness (QED) is 0.806. The Hall–Kier alpha value is -0.220. The van der Waals surface area contributed by atoms with Crippen molar-refractivity contribution in [3.63, 3.8) is 0 Å². The zero-order valence-corrected chi connectivity index (χ0v) is 11.6. The van der Waals surface area contributed by atoms with E-state index in [0.717, 1.165) is 19.4 Å². The second-order valence-electron chi connectivity index (χ2n) is 5.62. The number of amides is 1. The highest BCUT2D eigenvalue weighted by Gasteiger charge is 2.27. The Bertz CT molecular complexity index is 250. The van der Waals surface area contributed by atoms with Gasteiger partial charge in [-0.2, -0.15) is 0 Å². The van der Waals surface area contributed by atoms with Gasteiger partial charge in [0.05, 0.1) is 5.75 Å². The molecule has 94 valence electrons. The summed E-state index contributed by atoms with van der Waals surface area (Å²) in [5, 5.41) is 0. The van der Waals surface area contributed by atoms with E-state index >= 15 is 0 Å². The van der Waals surface area contributed by atoms with Crippen molar-refractivity contribution >= 4 is 17.7 Å². The number of piperidine rings is 1. The average Bonchev–Trinajstić information content (AvgIpc) is 2.13. The number of hydrogen-bond acceptors (Lipinski definition) is 3. The van der Waals surface area contributed by atoms with E-state index in [1.165, 1.54) is 0 Å². The Morgan fingerprint density at radius 3 is 2.62 bits per heavy atom. The van der Waals surface area contributed by atoms with E-state index in [9.17, 15) is 4.79 Å². The van der Waals surface area contributed by atoms with Crippen molar-refractivity contribution in [1.29, 1.82) is 0 Å². The number of nitrogens with two attached hydrogens (primary N) is 1. The molecule has 2 N–H and O–H groups in total. The Kier molecular flexibility index (Phi) is 4.68. The third kappa shape index (κ3) is 4.34. The highest BCUT2D eigenvalue weighted by molar-refractivity contribution is 8.01. The van der Waals surface area contributed by atoms with Gasteiger partial charge in [0, 0.05) is 23.4 Å². The lowest BCUT2D eigenvalue weighted by molar-refractivity contribution is -0.131. The summed E-state index contributed by atoms with van der Waals surface area (Å²) in [6.45, 7) is 9.34. The maximum atomic E-state index is 12.0. The van der Waals surface area contributed by atoms with E-state index in [2.05, 4.69) is 27.7 Å². The molecule has 1 amide bonds. The molecule has 2 atom stereocenters. The van der Waals surface area contributed by atoms with E-state index in [1.54, 1.807) is 11.8 Å². The maximum absolute atomic E-state index is 12.0. The fraction of sp³-hybridized carbons (Fsp3) is 0.917. The first-order valence-electron chi connectivity index (χ1n) is 5.98. The van der Waals surface area contributed by atoms with Crippen molar-refractivity contribution in [2.24, 2.45) is 5.73 Å². The van der Waals surface area contributed by atoms with Gasteiger partial charge in [0.1, 0.15) is 0 Å². The van der Waals surface area contributed by atoms with Crippen LogP contribution in [0.2, 0.25) is 0 Å². The fourth-order valence-electron chi connectivity index (χ4n) is 1.94. The van der Waals surface area contributed by atoms with Crippen LogP contribution in [-0.4, -0.2) is 39.9 Å². The molecule has 0 bridgehead atoms. The first-order valence-corrected chi connectivity index (χ1v) is 6.97. The van der Waals surface area contributed by atoms with Crippen LogP contribution < -0.4 is 5.73 Å². The van der Waals surface area contributed by atoms with Gasteiger partial charge < -0.3 is 10.6 Å². The molecule has 0 aliphatic carbocycles. The van der Waals surface area contributed by atoms with Gasteiger partial charge in [0.15, 0.2) is 0 Å². The smallest absolute Gasteiger partial charge is 0.232 e. The number of likely N-dealkylation sites (tertiary alicyclic amines) is 1. The molecule has 0 spiro atoms. The van der Waals surface area contributed by atoms with Crippen LogP contribution in [0.4, 0.5) is 0 Å². The number of nitrogens with zero attached hydrogens (tertiary/aromatic N) is 1. The van der Waals surface area contributed by atoms with Crippen LogP contribution in [0.5, 0.6) is 0 Å². The molecule has 1 aliphatic rings. The van der Waals surface area contributed by atoms with E-state index < -0.39 is 0 Å².